The molecule has 0 unspecified atom stereocenters. The predicted molar refractivity (Wildman–Crippen MR) is 68.3 cm³/mol. The van der Waals surface area contributed by atoms with Crippen LogP contribution < -0.4 is 0 Å². The highest BCUT2D eigenvalue weighted by Crippen LogP contribution is 2.31. The summed E-state index contributed by atoms with van der Waals surface area (Å²) in [6, 6.07) is 5.68. The van der Waals surface area contributed by atoms with Gasteiger partial charge in [0, 0.05) is 0 Å². The molecule has 0 aliphatic rings. The van der Waals surface area contributed by atoms with E-state index in [4.69, 9.17) is 0 Å². The predicted octanol–water partition coefficient (Wildman–Crippen LogP) is 5.18. The Morgan fingerprint density at radius 2 is 1.56 bits per heavy atom. The molecule has 0 bridgehead atoms. The molecule has 1 rings (SSSR count). The van der Waals surface area contributed by atoms with Crippen molar-refractivity contribution in [1.82, 2.24) is 0 Å². The van der Waals surface area contributed by atoms with Crippen LogP contribution in [0.2, 0.25) is 0 Å². The number of halogens is 3. The van der Waals surface area contributed by atoms with Crippen molar-refractivity contribution in [2.45, 2.75) is 40.3 Å². The molecule has 0 N–H and O–H groups in total. The van der Waals surface area contributed by atoms with E-state index in [9.17, 15) is 13.2 Å². The van der Waals surface area contributed by atoms with Gasteiger partial charge in [-0.05, 0) is 35.8 Å². The van der Waals surface area contributed by atoms with Crippen LogP contribution in [0.4, 0.5) is 13.2 Å². The molecule has 102 valence electrons. The first-order valence-electron chi connectivity index (χ1n) is 6.38. The van der Waals surface area contributed by atoms with Gasteiger partial charge in [-0.3, -0.25) is 0 Å². The average molecular weight is 258 g/mol. The first-order chi connectivity index (χ1) is 8.21. The molecule has 0 radical (unpaired) electrons. The summed E-state index contributed by atoms with van der Waals surface area (Å²) in [5, 5.41) is 0. The van der Waals surface area contributed by atoms with Gasteiger partial charge in [-0.15, -0.1) is 0 Å². The number of hydrogen-bond acceptors (Lipinski definition) is 0. The molecule has 0 saturated carbocycles. The molecular formula is C15H21F3. The van der Waals surface area contributed by atoms with Gasteiger partial charge >= 0.3 is 6.18 Å². The van der Waals surface area contributed by atoms with Crippen molar-refractivity contribution in [3.8, 4) is 0 Å². The van der Waals surface area contributed by atoms with Gasteiger partial charge in [-0.25, -0.2) is 0 Å². The quantitative estimate of drug-likeness (QED) is 0.698. The summed E-state index contributed by atoms with van der Waals surface area (Å²) in [6.45, 7) is 8.49. The van der Waals surface area contributed by atoms with Crippen molar-refractivity contribution in [2.75, 3.05) is 0 Å². The van der Waals surface area contributed by atoms with Gasteiger partial charge in [0.15, 0.2) is 0 Å². The van der Waals surface area contributed by atoms with Crippen LogP contribution in [-0.2, 0) is 12.6 Å². The summed E-state index contributed by atoms with van der Waals surface area (Å²) in [7, 11) is 0. The number of benzene rings is 1. The zero-order valence-electron chi connectivity index (χ0n) is 11.4. The fourth-order valence-corrected chi connectivity index (χ4v) is 2.39. The van der Waals surface area contributed by atoms with Crippen LogP contribution in [0.15, 0.2) is 24.3 Å². The molecule has 0 amide bonds. The van der Waals surface area contributed by atoms with E-state index in [0.29, 0.717) is 24.2 Å². The summed E-state index contributed by atoms with van der Waals surface area (Å²) in [6.07, 6.45) is -3.54. The van der Waals surface area contributed by atoms with Crippen LogP contribution in [0.1, 0.15) is 38.8 Å². The highest BCUT2D eigenvalue weighted by Gasteiger charge is 2.30. The van der Waals surface area contributed by atoms with E-state index in [-0.39, 0.29) is 0 Å². The van der Waals surface area contributed by atoms with Crippen LogP contribution in [-0.4, -0.2) is 0 Å². The van der Waals surface area contributed by atoms with E-state index in [1.807, 2.05) is 0 Å². The molecule has 0 nitrogen and oxygen atoms in total. The highest BCUT2D eigenvalue weighted by atomic mass is 19.4. The van der Waals surface area contributed by atoms with Crippen LogP contribution in [0.25, 0.3) is 0 Å². The monoisotopic (exact) mass is 258 g/mol. The zero-order valence-corrected chi connectivity index (χ0v) is 11.4. The molecule has 0 aliphatic carbocycles. The van der Waals surface area contributed by atoms with Crippen LogP contribution >= 0.6 is 0 Å². The van der Waals surface area contributed by atoms with Gasteiger partial charge in [0.1, 0.15) is 0 Å². The SMILES string of the molecule is CC(C)C(Cc1cccc(C(F)(F)F)c1)C(C)C. The first kappa shape index (κ1) is 15.1. The van der Waals surface area contributed by atoms with Crippen molar-refractivity contribution < 1.29 is 13.2 Å². The van der Waals surface area contributed by atoms with Crippen LogP contribution in [0, 0.1) is 17.8 Å². The standard InChI is InChI=1S/C15H21F3/c1-10(2)14(11(3)4)9-12-6-5-7-13(8-12)15(16,17)18/h5-8,10-11,14H,9H2,1-4H3. The smallest absolute Gasteiger partial charge is 0.166 e. The van der Waals surface area contributed by atoms with Gasteiger partial charge in [-0.2, -0.15) is 13.2 Å². The maximum Gasteiger partial charge on any atom is 0.416 e. The zero-order chi connectivity index (χ0) is 13.9. The molecule has 0 aliphatic heterocycles. The Morgan fingerprint density at radius 1 is 1.00 bits per heavy atom. The number of alkyl halides is 3. The van der Waals surface area contributed by atoms with Crippen LogP contribution in [0.5, 0.6) is 0 Å². The van der Waals surface area contributed by atoms with E-state index >= 15 is 0 Å². The first-order valence-corrected chi connectivity index (χ1v) is 6.38. The van der Waals surface area contributed by atoms with Crippen molar-refractivity contribution >= 4 is 0 Å². The molecule has 0 aromatic heterocycles. The van der Waals surface area contributed by atoms with Gasteiger partial charge < -0.3 is 0 Å². The normalized spacial score (nSPS) is 12.8. The minimum absolute atomic E-state index is 0.411. The van der Waals surface area contributed by atoms with Crippen molar-refractivity contribution in [3.63, 3.8) is 0 Å². The number of hydrogen-bond donors (Lipinski definition) is 0. The minimum atomic E-state index is -4.25. The van der Waals surface area contributed by atoms with E-state index < -0.39 is 11.7 Å². The highest BCUT2D eigenvalue weighted by molar-refractivity contribution is 5.26. The fourth-order valence-electron chi connectivity index (χ4n) is 2.39. The molecule has 3 heteroatoms. The second-order valence-corrected chi connectivity index (χ2v) is 5.55. The van der Waals surface area contributed by atoms with E-state index in [0.717, 1.165) is 11.6 Å². The summed E-state index contributed by atoms with van der Waals surface area (Å²) in [4.78, 5) is 0. The van der Waals surface area contributed by atoms with Crippen LogP contribution in [0.3, 0.4) is 0 Å². The molecule has 0 spiro atoms. The Labute approximate surface area is 107 Å². The van der Waals surface area contributed by atoms with Crippen molar-refractivity contribution in [3.05, 3.63) is 35.4 Å². The Kier molecular flexibility index (Phi) is 4.83. The second kappa shape index (κ2) is 5.77. The summed E-state index contributed by atoms with van der Waals surface area (Å²) in [5.74, 6) is 1.35. The van der Waals surface area contributed by atoms with E-state index in [1.54, 1.807) is 6.07 Å². The average Bonchev–Trinajstić information content (AvgIpc) is 2.24. The Morgan fingerprint density at radius 3 is 2.00 bits per heavy atom. The van der Waals surface area contributed by atoms with Crippen molar-refractivity contribution in [1.29, 1.82) is 0 Å². The summed E-state index contributed by atoms with van der Waals surface area (Å²) >= 11 is 0. The Hall–Kier alpha value is -0.990. The molecule has 0 fully saturated rings. The topological polar surface area (TPSA) is 0 Å². The Balaban J connectivity index is 2.91. The van der Waals surface area contributed by atoms with Gasteiger partial charge in [-0.1, -0.05) is 45.9 Å². The van der Waals surface area contributed by atoms with Gasteiger partial charge in [0.25, 0.3) is 0 Å². The maximum absolute atomic E-state index is 12.6. The molecule has 18 heavy (non-hydrogen) atoms. The summed E-state index contributed by atoms with van der Waals surface area (Å²) < 4.78 is 37.9. The Bertz CT molecular complexity index is 370. The van der Waals surface area contributed by atoms with E-state index in [1.165, 1.54) is 12.1 Å². The lowest BCUT2D eigenvalue weighted by Gasteiger charge is -2.25. The summed E-state index contributed by atoms with van der Waals surface area (Å²) in [5.41, 5.74) is 0.225. The third-order valence-electron chi connectivity index (χ3n) is 3.44. The lowest BCUT2D eigenvalue weighted by molar-refractivity contribution is -0.137. The molecule has 0 heterocycles. The molecule has 1 aromatic rings. The second-order valence-electron chi connectivity index (χ2n) is 5.55. The van der Waals surface area contributed by atoms with Gasteiger partial charge in [0.05, 0.1) is 5.56 Å². The number of rotatable bonds is 4. The fraction of sp³-hybridized carbons (Fsp3) is 0.600. The molecule has 0 atom stereocenters. The molecular weight excluding hydrogens is 237 g/mol. The molecule has 1 aromatic carbocycles. The molecule has 0 saturated heterocycles. The lowest BCUT2D eigenvalue weighted by atomic mass is 9.81. The largest absolute Gasteiger partial charge is 0.416 e. The third kappa shape index (κ3) is 4.04. The third-order valence-corrected chi connectivity index (χ3v) is 3.44. The van der Waals surface area contributed by atoms with E-state index in [2.05, 4.69) is 27.7 Å². The minimum Gasteiger partial charge on any atom is -0.166 e. The lowest BCUT2D eigenvalue weighted by Crippen LogP contribution is -2.18. The van der Waals surface area contributed by atoms with Crippen molar-refractivity contribution in [2.24, 2.45) is 17.8 Å². The van der Waals surface area contributed by atoms with Gasteiger partial charge in [0.2, 0.25) is 0 Å². The maximum atomic E-state index is 12.6.